The van der Waals surface area contributed by atoms with Crippen LogP contribution in [0, 0.1) is 18.3 Å². The van der Waals surface area contributed by atoms with Gasteiger partial charge in [0.15, 0.2) is 0 Å². The highest BCUT2D eigenvalue weighted by Crippen LogP contribution is 2.15. The largest absolute Gasteiger partial charge is 0.339 e. The highest BCUT2D eigenvalue weighted by Gasteiger charge is 2.22. The summed E-state index contributed by atoms with van der Waals surface area (Å²) < 4.78 is 0. The Labute approximate surface area is 157 Å². The summed E-state index contributed by atoms with van der Waals surface area (Å²) in [6.07, 6.45) is 0. The number of piperazine rings is 1. The normalized spacial score (nSPS) is 13.8. The second-order valence-corrected chi connectivity index (χ2v) is 6.33. The zero-order chi connectivity index (χ0) is 19.4. The number of hydrogen-bond acceptors (Lipinski definition) is 6. The predicted octanol–water partition coefficient (Wildman–Crippen LogP) is 1.58. The van der Waals surface area contributed by atoms with Gasteiger partial charge in [-0.25, -0.2) is 9.97 Å². The molecule has 2 heterocycles. The van der Waals surface area contributed by atoms with Crippen molar-refractivity contribution in [3.05, 3.63) is 47.3 Å². The number of nitrogens with one attached hydrogen (secondary N) is 1. The van der Waals surface area contributed by atoms with Crippen molar-refractivity contribution in [2.75, 3.05) is 36.4 Å². The fraction of sp³-hybridized carbons (Fsp3) is 0.316. The van der Waals surface area contributed by atoms with Crippen molar-refractivity contribution in [3.63, 3.8) is 0 Å². The number of aryl methyl sites for hydroxylation is 1. The molecule has 1 aromatic heterocycles. The Balaban J connectivity index is 1.73. The van der Waals surface area contributed by atoms with E-state index in [0.717, 1.165) is 0 Å². The van der Waals surface area contributed by atoms with Crippen LogP contribution in [-0.4, -0.2) is 52.9 Å². The molecule has 1 N–H and O–H groups in total. The van der Waals surface area contributed by atoms with Gasteiger partial charge in [0.05, 0.1) is 11.6 Å². The van der Waals surface area contributed by atoms with Gasteiger partial charge >= 0.3 is 0 Å². The van der Waals surface area contributed by atoms with Crippen molar-refractivity contribution >= 4 is 23.5 Å². The standard InChI is InChI=1S/C19H20N6O2/c1-13-11-17(18(27)22-16-5-3-15(12-20)4-6-16)23-19(21-13)25-9-7-24(8-10-25)14(2)26/h3-6,11H,7-10H2,1-2H3,(H,22,27). The van der Waals surface area contributed by atoms with Gasteiger partial charge in [-0.3, -0.25) is 9.59 Å². The highest BCUT2D eigenvalue weighted by atomic mass is 16.2. The van der Waals surface area contributed by atoms with Gasteiger partial charge in [0.25, 0.3) is 5.91 Å². The van der Waals surface area contributed by atoms with Crippen LogP contribution in [0.1, 0.15) is 28.7 Å². The molecule has 138 valence electrons. The van der Waals surface area contributed by atoms with Gasteiger partial charge in [0, 0.05) is 44.5 Å². The van der Waals surface area contributed by atoms with E-state index in [2.05, 4.69) is 15.3 Å². The zero-order valence-electron chi connectivity index (χ0n) is 15.3. The van der Waals surface area contributed by atoms with Gasteiger partial charge in [0.1, 0.15) is 5.69 Å². The van der Waals surface area contributed by atoms with Crippen molar-refractivity contribution in [2.24, 2.45) is 0 Å². The number of nitrogens with zero attached hydrogens (tertiary/aromatic N) is 5. The Morgan fingerprint density at radius 3 is 2.37 bits per heavy atom. The lowest BCUT2D eigenvalue weighted by Gasteiger charge is -2.34. The van der Waals surface area contributed by atoms with Crippen molar-refractivity contribution in [1.29, 1.82) is 5.26 Å². The van der Waals surface area contributed by atoms with Gasteiger partial charge in [-0.2, -0.15) is 5.26 Å². The summed E-state index contributed by atoms with van der Waals surface area (Å²) in [6.45, 7) is 5.85. The van der Waals surface area contributed by atoms with Crippen LogP contribution in [0.3, 0.4) is 0 Å². The molecule has 1 fully saturated rings. The van der Waals surface area contributed by atoms with Crippen LogP contribution >= 0.6 is 0 Å². The van der Waals surface area contributed by atoms with Crippen LogP contribution in [0.25, 0.3) is 0 Å². The Morgan fingerprint density at radius 1 is 1.11 bits per heavy atom. The molecule has 0 saturated carbocycles. The van der Waals surface area contributed by atoms with Crippen molar-refractivity contribution in [2.45, 2.75) is 13.8 Å². The highest BCUT2D eigenvalue weighted by molar-refractivity contribution is 6.03. The van der Waals surface area contributed by atoms with E-state index in [9.17, 15) is 9.59 Å². The summed E-state index contributed by atoms with van der Waals surface area (Å²) in [6, 6.07) is 10.3. The molecular weight excluding hydrogens is 344 g/mol. The first-order chi connectivity index (χ1) is 13.0. The van der Waals surface area contributed by atoms with E-state index in [-0.39, 0.29) is 17.5 Å². The Morgan fingerprint density at radius 2 is 1.78 bits per heavy atom. The number of rotatable bonds is 3. The molecule has 0 atom stereocenters. The first kappa shape index (κ1) is 18.3. The van der Waals surface area contributed by atoms with E-state index in [1.54, 1.807) is 42.2 Å². The fourth-order valence-corrected chi connectivity index (χ4v) is 2.86. The molecular formula is C19H20N6O2. The van der Waals surface area contributed by atoms with Crippen LogP contribution in [0.5, 0.6) is 0 Å². The quantitative estimate of drug-likeness (QED) is 0.887. The Kier molecular flexibility index (Phi) is 5.31. The minimum Gasteiger partial charge on any atom is -0.339 e. The molecule has 27 heavy (non-hydrogen) atoms. The maximum absolute atomic E-state index is 12.6. The molecule has 3 rings (SSSR count). The van der Waals surface area contributed by atoms with Crippen molar-refractivity contribution < 1.29 is 9.59 Å². The van der Waals surface area contributed by atoms with Gasteiger partial charge in [-0.15, -0.1) is 0 Å². The maximum Gasteiger partial charge on any atom is 0.274 e. The minimum absolute atomic E-state index is 0.0577. The third kappa shape index (κ3) is 4.39. The summed E-state index contributed by atoms with van der Waals surface area (Å²) >= 11 is 0. The summed E-state index contributed by atoms with van der Waals surface area (Å²) in [4.78, 5) is 36.6. The number of carbonyl (C=O) groups excluding carboxylic acids is 2. The first-order valence-electron chi connectivity index (χ1n) is 8.64. The second-order valence-electron chi connectivity index (χ2n) is 6.33. The van der Waals surface area contributed by atoms with E-state index in [4.69, 9.17) is 5.26 Å². The molecule has 2 amide bonds. The Hall–Kier alpha value is -3.47. The third-order valence-electron chi connectivity index (χ3n) is 4.35. The van der Waals surface area contributed by atoms with Crippen LogP contribution in [0.4, 0.5) is 11.6 Å². The number of benzene rings is 1. The van der Waals surface area contributed by atoms with Crippen LogP contribution in [0.15, 0.2) is 30.3 Å². The van der Waals surface area contributed by atoms with Crippen molar-refractivity contribution in [3.8, 4) is 6.07 Å². The molecule has 0 unspecified atom stereocenters. The molecule has 0 bridgehead atoms. The van der Waals surface area contributed by atoms with E-state index >= 15 is 0 Å². The SMILES string of the molecule is CC(=O)N1CCN(c2nc(C)cc(C(=O)Nc3ccc(C#N)cc3)n2)CC1. The molecule has 0 aliphatic carbocycles. The summed E-state index contributed by atoms with van der Waals surface area (Å²) in [7, 11) is 0. The predicted molar refractivity (Wildman–Crippen MR) is 100 cm³/mol. The summed E-state index contributed by atoms with van der Waals surface area (Å²) in [5, 5.41) is 11.6. The van der Waals surface area contributed by atoms with E-state index in [1.807, 2.05) is 17.9 Å². The minimum atomic E-state index is -0.339. The van der Waals surface area contributed by atoms with E-state index < -0.39 is 0 Å². The van der Waals surface area contributed by atoms with Gasteiger partial charge in [-0.1, -0.05) is 0 Å². The van der Waals surface area contributed by atoms with Crippen LogP contribution in [-0.2, 0) is 4.79 Å². The first-order valence-corrected chi connectivity index (χ1v) is 8.64. The third-order valence-corrected chi connectivity index (χ3v) is 4.35. The van der Waals surface area contributed by atoms with Gasteiger partial charge in [-0.05, 0) is 37.3 Å². The topological polar surface area (TPSA) is 102 Å². The molecule has 1 saturated heterocycles. The van der Waals surface area contributed by atoms with Crippen LogP contribution in [0.2, 0.25) is 0 Å². The monoisotopic (exact) mass is 364 g/mol. The number of amides is 2. The lowest BCUT2D eigenvalue weighted by Crippen LogP contribution is -2.48. The smallest absolute Gasteiger partial charge is 0.274 e. The summed E-state index contributed by atoms with van der Waals surface area (Å²) in [5.41, 5.74) is 2.08. The Bertz CT molecular complexity index is 895. The zero-order valence-corrected chi connectivity index (χ0v) is 15.3. The molecule has 8 nitrogen and oxygen atoms in total. The number of aromatic nitrogens is 2. The number of anilines is 2. The van der Waals surface area contributed by atoms with E-state index in [0.29, 0.717) is 49.1 Å². The molecule has 1 aliphatic heterocycles. The number of carbonyl (C=O) groups is 2. The number of hydrogen-bond donors (Lipinski definition) is 1. The molecule has 0 spiro atoms. The van der Waals surface area contributed by atoms with Crippen LogP contribution < -0.4 is 10.2 Å². The van der Waals surface area contributed by atoms with Gasteiger partial charge < -0.3 is 15.1 Å². The second kappa shape index (κ2) is 7.83. The average Bonchev–Trinajstić information content (AvgIpc) is 2.68. The lowest BCUT2D eigenvalue weighted by molar-refractivity contribution is -0.129. The molecule has 0 radical (unpaired) electrons. The lowest BCUT2D eigenvalue weighted by atomic mass is 10.2. The number of nitriles is 1. The molecule has 1 aliphatic rings. The molecule has 8 heteroatoms. The molecule has 2 aromatic rings. The average molecular weight is 364 g/mol. The van der Waals surface area contributed by atoms with Gasteiger partial charge in [0.2, 0.25) is 11.9 Å². The summed E-state index contributed by atoms with van der Waals surface area (Å²) in [5.74, 6) is 0.208. The van der Waals surface area contributed by atoms with Crippen molar-refractivity contribution in [1.82, 2.24) is 14.9 Å². The fourth-order valence-electron chi connectivity index (χ4n) is 2.86. The van der Waals surface area contributed by atoms with E-state index in [1.165, 1.54) is 0 Å². The molecule has 1 aromatic carbocycles. The maximum atomic E-state index is 12.6.